The number of rotatable bonds is 4. The molecule has 0 atom stereocenters. The molecule has 0 saturated carbocycles. The van der Waals surface area contributed by atoms with E-state index in [0.717, 1.165) is 32.5 Å². The summed E-state index contributed by atoms with van der Waals surface area (Å²) in [6.45, 7) is 0. The van der Waals surface area contributed by atoms with Crippen LogP contribution in [0, 0.1) is 11.3 Å². The molecule has 134 valence electrons. The summed E-state index contributed by atoms with van der Waals surface area (Å²) < 4.78 is 2.70. The molecule has 0 radical (unpaired) electrons. The maximum atomic E-state index is 9.93. The van der Waals surface area contributed by atoms with Crippen LogP contribution < -0.4 is 0 Å². The average molecular weight is 426 g/mol. The van der Waals surface area contributed by atoms with E-state index in [-0.39, 0.29) is 0 Å². The van der Waals surface area contributed by atoms with Crippen LogP contribution in [0.1, 0.15) is 17.0 Å². The quantitative estimate of drug-likeness (QED) is 0.382. The third-order valence-electron chi connectivity index (χ3n) is 4.39. The Bertz CT molecular complexity index is 1150. The predicted octanol–water partition coefficient (Wildman–Crippen LogP) is 6.34. The van der Waals surface area contributed by atoms with E-state index in [1.807, 2.05) is 97.1 Å². The van der Waals surface area contributed by atoms with E-state index in [9.17, 15) is 5.26 Å². The Morgan fingerprint density at radius 2 is 1.46 bits per heavy atom. The van der Waals surface area contributed by atoms with Crippen molar-refractivity contribution in [3.8, 4) is 22.9 Å². The van der Waals surface area contributed by atoms with Crippen LogP contribution in [-0.4, -0.2) is 9.78 Å². The minimum absolute atomic E-state index is 0.515. The van der Waals surface area contributed by atoms with Crippen LogP contribution in [0.2, 0.25) is 0 Å². The van der Waals surface area contributed by atoms with Gasteiger partial charge in [0.25, 0.3) is 0 Å². The molecular formula is C24H16BrN3. The largest absolute Gasteiger partial charge is 0.222 e. The fraction of sp³-hybridized carbons (Fsp3) is 0. The van der Waals surface area contributed by atoms with Crippen molar-refractivity contribution < 1.29 is 0 Å². The molecule has 0 aliphatic rings. The van der Waals surface area contributed by atoms with Gasteiger partial charge in [0.15, 0.2) is 5.69 Å². The molecule has 0 amide bonds. The number of hydrogen-bond acceptors (Lipinski definition) is 2. The van der Waals surface area contributed by atoms with Crippen molar-refractivity contribution >= 4 is 28.1 Å². The van der Waals surface area contributed by atoms with Crippen LogP contribution in [0.25, 0.3) is 29.0 Å². The summed E-state index contributed by atoms with van der Waals surface area (Å²) in [5.41, 5.74) is 4.99. The monoisotopic (exact) mass is 425 g/mol. The van der Waals surface area contributed by atoms with Gasteiger partial charge >= 0.3 is 0 Å². The Balaban J connectivity index is 1.91. The molecule has 0 saturated heterocycles. The number of halogens is 1. The van der Waals surface area contributed by atoms with Gasteiger partial charge in [0.2, 0.25) is 0 Å². The molecule has 4 heteroatoms. The minimum Gasteiger partial charge on any atom is -0.222 e. The van der Waals surface area contributed by atoms with E-state index in [4.69, 9.17) is 5.10 Å². The van der Waals surface area contributed by atoms with Crippen LogP contribution >= 0.6 is 15.9 Å². The highest BCUT2D eigenvalue weighted by molar-refractivity contribution is 9.10. The van der Waals surface area contributed by atoms with Gasteiger partial charge in [-0.2, -0.15) is 10.4 Å². The molecule has 0 aliphatic heterocycles. The van der Waals surface area contributed by atoms with Crippen LogP contribution in [0.3, 0.4) is 0 Å². The van der Waals surface area contributed by atoms with Crippen LogP contribution in [0.15, 0.2) is 89.4 Å². The molecule has 3 aromatic carbocycles. The lowest BCUT2D eigenvalue weighted by Crippen LogP contribution is -1.99. The van der Waals surface area contributed by atoms with Gasteiger partial charge in [0.05, 0.1) is 11.4 Å². The Hall–Kier alpha value is -3.42. The van der Waals surface area contributed by atoms with E-state index in [2.05, 4.69) is 22.0 Å². The molecular weight excluding hydrogens is 410 g/mol. The third kappa shape index (κ3) is 3.66. The topological polar surface area (TPSA) is 41.6 Å². The molecule has 1 aromatic heterocycles. The van der Waals surface area contributed by atoms with Gasteiger partial charge in [-0.1, -0.05) is 82.7 Å². The van der Waals surface area contributed by atoms with Gasteiger partial charge in [0, 0.05) is 10.0 Å². The third-order valence-corrected chi connectivity index (χ3v) is 4.91. The lowest BCUT2D eigenvalue weighted by Gasteiger charge is -2.04. The number of nitrogens with zero attached hydrogens (tertiary/aromatic N) is 3. The standard InChI is InChI=1S/C24H16BrN3/c25-20-14-12-19(13-15-20)24-22(16-11-18-7-3-1-4-8-18)27-28(23(24)17-26)21-9-5-2-6-10-21/h1-16H/b16-11-. The van der Waals surface area contributed by atoms with E-state index in [0.29, 0.717) is 5.69 Å². The van der Waals surface area contributed by atoms with Crippen LogP contribution in [0.5, 0.6) is 0 Å². The molecule has 3 nitrogen and oxygen atoms in total. The normalized spacial score (nSPS) is 10.9. The zero-order valence-corrected chi connectivity index (χ0v) is 16.5. The molecule has 4 rings (SSSR count). The van der Waals surface area contributed by atoms with Gasteiger partial charge in [-0.25, -0.2) is 4.68 Å². The van der Waals surface area contributed by atoms with Crippen molar-refractivity contribution in [3.05, 3.63) is 106 Å². The van der Waals surface area contributed by atoms with Gasteiger partial charge in [-0.05, 0) is 41.5 Å². The first-order valence-electron chi connectivity index (χ1n) is 8.84. The summed E-state index contributed by atoms with van der Waals surface area (Å²) in [4.78, 5) is 0. The molecule has 0 bridgehead atoms. The summed E-state index contributed by atoms with van der Waals surface area (Å²) in [6.07, 6.45) is 3.98. The molecule has 0 spiro atoms. The van der Waals surface area contributed by atoms with Crippen molar-refractivity contribution in [2.45, 2.75) is 0 Å². The second-order valence-corrected chi connectivity index (χ2v) is 7.13. The van der Waals surface area contributed by atoms with Crippen molar-refractivity contribution in [2.75, 3.05) is 0 Å². The Kier molecular flexibility index (Phi) is 5.18. The Morgan fingerprint density at radius 3 is 2.11 bits per heavy atom. The first kappa shape index (κ1) is 18.0. The molecule has 0 unspecified atom stereocenters. The first-order valence-corrected chi connectivity index (χ1v) is 9.63. The number of benzene rings is 3. The van der Waals surface area contributed by atoms with Crippen molar-refractivity contribution in [3.63, 3.8) is 0 Å². The second-order valence-electron chi connectivity index (χ2n) is 6.22. The van der Waals surface area contributed by atoms with Gasteiger partial charge in [-0.3, -0.25) is 0 Å². The maximum absolute atomic E-state index is 9.93. The Labute approximate surface area is 172 Å². The smallest absolute Gasteiger partial charge is 0.152 e. The van der Waals surface area contributed by atoms with Gasteiger partial charge in [-0.15, -0.1) is 0 Å². The fourth-order valence-electron chi connectivity index (χ4n) is 3.05. The SMILES string of the molecule is N#Cc1c(-c2ccc(Br)cc2)c(/C=C\c2ccccc2)nn1-c1ccccc1. The summed E-state index contributed by atoms with van der Waals surface area (Å²) in [6, 6.07) is 30.1. The number of para-hydroxylation sites is 1. The lowest BCUT2D eigenvalue weighted by atomic mass is 10.0. The van der Waals surface area contributed by atoms with Crippen molar-refractivity contribution in [1.82, 2.24) is 9.78 Å². The lowest BCUT2D eigenvalue weighted by molar-refractivity contribution is 0.862. The number of hydrogen-bond donors (Lipinski definition) is 0. The fourth-order valence-corrected chi connectivity index (χ4v) is 3.32. The highest BCUT2D eigenvalue weighted by Crippen LogP contribution is 2.31. The zero-order chi connectivity index (χ0) is 19.3. The summed E-state index contributed by atoms with van der Waals surface area (Å²) >= 11 is 3.48. The summed E-state index contributed by atoms with van der Waals surface area (Å²) in [7, 11) is 0. The Morgan fingerprint density at radius 1 is 0.821 bits per heavy atom. The predicted molar refractivity (Wildman–Crippen MR) is 117 cm³/mol. The van der Waals surface area contributed by atoms with E-state index in [1.165, 1.54) is 0 Å². The first-order chi connectivity index (χ1) is 13.8. The zero-order valence-electron chi connectivity index (χ0n) is 15.0. The molecule has 4 aromatic rings. The summed E-state index contributed by atoms with van der Waals surface area (Å²) in [5, 5.41) is 14.7. The van der Waals surface area contributed by atoms with Gasteiger partial charge in [0.1, 0.15) is 6.07 Å². The highest BCUT2D eigenvalue weighted by atomic mass is 79.9. The van der Waals surface area contributed by atoms with E-state index in [1.54, 1.807) is 4.68 Å². The van der Waals surface area contributed by atoms with Gasteiger partial charge < -0.3 is 0 Å². The molecule has 0 aliphatic carbocycles. The number of aromatic nitrogens is 2. The molecule has 0 fully saturated rings. The second kappa shape index (κ2) is 8.08. The molecule has 1 heterocycles. The molecule has 0 N–H and O–H groups in total. The van der Waals surface area contributed by atoms with Crippen LogP contribution in [-0.2, 0) is 0 Å². The average Bonchev–Trinajstić information content (AvgIpc) is 3.13. The minimum atomic E-state index is 0.515. The van der Waals surface area contributed by atoms with Crippen molar-refractivity contribution in [2.24, 2.45) is 0 Å². The molecule has 28 heavy (non-hydrogen) atoms. The van der Waals surface area contributed by atoms with E-state index >= 15 is 0 Å². The number of nitriles is 1. The highest BCUT2D eigenvalue weighted by Gasteiger charge is 2.19. The maximum Gasteiger partial charge on any atom is 0.152 e. The van der Waals surface area contributed by atoms with Crippen LogP contribution in [0.4, 0.5) is 0 Å². The van der Waals surface area contributed by atoms with E-state index < -0.39 is 0 Å². The van der Waals surface area contributed by atoms with Crippen molar-refractivity contribution in [1.29, 1.82) is 5.26 Å². The summed E-state index contributed by atoms with van der Waals surface area (Å²) in [5.74, 6) is 0.